The summed E-state index contributed by atoms with van der Waals surface area (Å²) in [5.74, 6) is 0.411. The second-order valence-electron chi connectivity index (χ2n) is 5.42. The third-order valence-corrected chi connectivity index (χ3v) is 3.84. The number of carbonyl (C=O) groups excluding carboxylic acids is 1. The van der Waals surface area contributed by atoms with E-state index in [0.29, 0.717) is 12.5 Å². The maximum absolute atomic E-state index is 12.0. The van der Waals surface area contributed by atoms with E-state index in [2.05, 4.69) is 19.2 Å². The van der Waals surface area contributed by atoms with Crippen LogP contribution in [-0.2, 0) is 4.79 Å². The van der Waals surface area contributed by atoms with Crippen molar-refractivity contribution in [3.63, 3.8) is 0 Å². The Balaban J connectivity index is 2.26. The summed E-state index contributed by atoms with van der Waals surface area (Å²) < 4.78 is 0. The summed E-state index contributed by atoms with van der Waals surface area (Å²) in [7, 11) is 0. The van der Waals surface area contributed by atoms with Crippen LogP contribution in [0, 0.1) is 16.0 Å². The number of non-ortho nitro benzene ring substituents is 1. The average Bonchev–Trinajstić information content (AvgIpc) is 2.79. The first-order chi connectivity index (χ1) is 9.41. The highest BCUT2D eigenvalue weighted by molar-refractivity contribution is 5.81. The minimum atomic E-state index is -0.425. The lowest BCUT2D eigenvalue weighted by Gasteiger charge is -2.33. The lowest BCUT2D eigenvalue weighted by molar-refractivity contribution is -0.384. The van der Waals surface area contributed by atoms with Gasteiger partial charge in [0.25, 0.3) is 5.69 Å². The Labute approximate surface area is 117 Å². The van der Waals surface area contributed by atoms with Crippen LogP contribution in [0.4, 0.5) is 5.69 Å². The summed E-state index contributed by atoms with van der Waals surface area (Å²) in [4.78, 5) is 24.1. The van der Waals surface area contributed by atoms with Crippen LogP contribution in [0.25, 0.3) is 0 Å². The standard InChI is InChI=1S/C14H19N3O3/c1-9(2)10(3)16-13(18)8-15-14(16)11-4-6-12(7-5-11)17(19)20/h4-7,9-10,14-15H,8H2,1-3H3. The molecule has 1 N–H and O–H groups in total. The van der Waals surface area contributed by atoms with Gasteiger partial charge in [0.1, 0.15) is 6.17 Å². The van der Waals surface area contributed by atoms with Crippen molar-refractivity contribution in [2.24, 2.45) is 5.92 Å². The van der Waals surface area contributed by atoms with Gasteiger partial charge in [-0.3, -0.25) is 20.2 Å². The molecule has 2 rings (SSSR count). The highest BCUT2D eigenvalue weighted by Gasteiger charge is 2.35. The van der Waals surface area contributed by atoms with Crippen molar-refractivity contribution in [2.45, 2.75) is 33.0 Å². The Morgan fingerprint density at radius 1 is 1.30 bits per heavy atom. The van der Waals surface area contributed by atoms with Crippen molar-refractivity contribution in [2.75, 3.05) is 6.54 Å². The summed E-state index contributed by atoms with van der Waals surface area (Å²) in [6, 6.07) is 6.46. The molecule has 0 spiro atoms. The number of rotatable bonds is 4. The molecule has 20 heavy (non-hydrogen) atoms. The molecule has 0 bridgehead atoms. The normalized spacial score (nSPS) is 20.5. The summed E-state index contributed by atoms with van der Waals surface area (Å²) in [6.07, 6.45) is -0.208. The first-order valence-electron chi connectivity index (χ1n) is 6.70. The molecular formula is C14H19N3O3. The Morgan fingerprint density at radius 3 is 2.40 bits per heavy atom. The molecule has 1 heterocycles. The topological polar surface area (TPSA) is 75.5 Å². The third-order valence-electron chi connectivity index (χ3n) is 3.84. The first-order valence-corrected chi connectivity index (χ1v) is 6.70. The lowest BCUT2D eigenvalue weighted by Crippen LogP contribution is -2.40. The molecule has 1 amide bonds. The maximum atomic E-state index is 12.0. The fourth-order valence-corrected chi connectivity index (χ4v) is 2.36. The van der Waals surface area contributed by atoms with Crippen LogP contribution in [0.1, 0.15) is 32.5 Å². The van der Waals surface area contributed by atoms with Crippen LogP contribution < -0.4 is 5.32 Å². The highest BCUT2D eigenvalue weighted by Crippen LogP contribution is 2.28. The predicted octanol–water partition coefficient (Wildman–Crippen LogP) is 2.07. The number of hydrogen-bond donors (Lipinski definition) is 1. The number of amides is 1. The molecule has 0 aromatic heterocycles. The Hall–Kier alpha value is -1.95. The van der Waals surface area contributed by atoms with Gasteiger partial charge in [0.05, 0.1) is 11.5 Å². The van der Waals surface area contributed by atoms with Crippen LogP contribution >= 0.6 is 0 Å². The average molecular weight is 277 g/mol. The fraction of sp³-hybridized carbons (Fsp3) is 0.500. The van der Waals surface area contributed by atoms with Crippen LogP contribution in [-0.4, -0.2) is 28.3 Å². The molecule has 1 aliphatic heterocycles. The Bertz CT molecular complexity index is 513. The van der Waals surface area contributed by atoms with E-state index in [4.69, 9.17) is 0 Å². The molecule has 0 aliphatic carbocycles. The Morgan fingerprint density at radius 2 is 1.90 bits per heavy atom. The van der Waals surface area contributed by atoms with E-state index in [9.17, 15) is 14.9 Å². The largest absolute Gasteiger partial charge is 0.319 e. The number of nitro groups is 1. The maximum Gasteiger partial charge on any atom is 0.269 e. The highest BCUT2D eigenvalue weighted by atomic mass is 16.6. The second-order valence-corrected chi connectivity index (χ2v) is 5.42. The van der Waals surface area contributed by atoms with E-state index in [0.717, 1.165) is 5.56 Å². The molecule has 1 saturated heterocycles. The van der Waals surface area contributed by atoms with E-state index in [-0.39, 0.29) is 23.8 Å². The fourth-order valence-electron chi connectivity index (χ4n) is 2.36. The summed E-state index contributed by atoms with van der Waals surface area (Å²) in [5.41, 5.74) is 0.926. The minimum absolute atomic E-state index is 0.0570. The molecule has 2 unspecified atom stereocenters. The quantitative estimate of drug-likeness (QED) is 0.675. The van der Waals surface area contributed by atoms with Gasteiger partial charge >= 0.3 is 0 Å². The number of nitro benzene ring substituents is 1. The van der Waals surface area contributed by atoms with Crippen LogP contribution in [0.3, 0.4) is 0 Å². The summed E-state index contributed by atoms with van der Waals surface area (Å²) in [6.45, 7) is 6.47. The minimum Gasteiger partial charge on any atom is -0.319 e. The van der Waals surface area contributed by atoms with Crippen molar-refractivity contribution in [1.82, 2.24) is 10.2 Å². The summed E-state index contributed by atoms with van der Waals surface area (Å²) in [5, 5.41) is 13.8. The molecule has 6 heteroatoms. The molecule has 1 aliphatic rings. The molecule has 0 saturated carbocycles. The number of nitrogens with zero attached hydrogens (tertiary/aromatic N) is 2. The van der Waals surface area contributed by atoms with E-state index in [1.165, 1.54) is 12.1 Å². The van der Waals surface area contributed by atoms with Crippen LogP contribution in [0.2, 0.25) is 0 Å². The first kappa shape index (κ1) is 14.5. The van der Waals surface area contributed by atoms with Gasteiger partial charge in [0, 0.05) is 18.2 Å². The van der Waals surface area contributed by atoms with Crippen molar-refractivity contribution in [1.29, 1.82) is 0 Å². The summed E-state index contributed by atoms with van der Waals surface area (Å²) >= 11 is 0. The molecule has 1 aromatic carbocycles. The van der Waals surface area contributed by atoms with Gasteiger partial charge in [-0.1, -0.05) is 13.8 Å². The molecule has 1 fully saturated rings. The van der Waals surface area contributed by atoms with Crippen LogP contribution in [0.15, 0.2) is 24.3 Å². The van der Waals surface area contributed by atoms with Gasteiger partial charge in [-0.15, -0.1) is 0 Å². The second kappa shape index (κ2) is 5.58. The zero-order chi connectivity index (χ0) is 14.9. The zero-order valence-electron chi connectivity index (χ0n) is 11.9. The molecule has 6 nitrogen and oxygen atoms in total. The number of nitrogens with one attached hydrogen (secondary N) is 1. The molecule has 108 valence electrons. The number of hydrogen-bond acceptors (Lipinski definition) is 4. The van der Waals surface area contributed by atoms with Gasteiger partial charge < -0.3 is 4.90 Å². The predicted molar refractivity (Wildman–Crippen MR) is 75.0 cm³/mol. The van der Waals surface area contributed by atoms with Crippen molar-refractivity contribution < 1.29 is 9.72 Å². The van der Waals surface area contributed by atoms with Crippen molar-refractivity contribution >= 4 is 11.6 Å². The molecular weight excluding hydrogens is 258 g/mol. The molecule has 2 atom stereocenters. The molecule has 1 aromatic rings. The SMILES string of the molecule is CC(C)C(C)N1C(=O)CNC1c1ccc([N+](=O)[O-])cc1. The van der Waals surface area contributed by atoms with Gasteiger partial charge in [0.2, 0.25) is 5.91 Å². The smallest absolute Gasteiger partial charge is 0.269 e. The van der Waals surface area contributed by atoms with Crippen molar-refractivity contribution in [3.05, 3.63) is 39.9 Å². The van der Waals surface area contributed by atoms with E-state index in [1.54, 1.807) is 12.1 Å². The zero-order valence-corrected chi connectivity index (χ0v) is 11.9. The lowest BCUT2D eigenvalue weighted by atomic mass is 10.0. The van der Waals surface area contributed by atoms with E-state index >= 15 is 0 Å². The molecule has 0 radical (unpaired) electrons. The number of benzene rings is 1. The van der Waals surface area contributed by atoms with Gasteiger partial charge in [-0.2, -0.15) is 0 Å². The van der Waals surface area contributed by atoms with E-state index < -0.39 is 4.92 Å². The number of carbonyl (C=O) groups is 1. The Kier molecular flexibility index (Phi) is 4.04. The third kappa shape index (κ3) is 2.65. The van der Waals surface area contributed by atoms with Crippen molar-refractivity contribution in [3.8, 4) is 0 Å². The van der Waals surface area contributed by atoms with Crippen LogP contribution in [0.5, 0.6) is 0 Å². The van der Waals surface area contributed by atoms with Gasteiger partial charge in [0.15, 0.2) is 0 Å². The van der Waals surface area contributed by atoms with Gasteiger partial charge in [-0.25, -0.2) is 0 Å². The van der Waals surface area contributed by atoms with Gasteiger partial charge in [-0.05, 0) is 30.5 Å². The van der Waals surface area contributed by atoms with E-state index in [1.807, 2.05) is 11.8 Å². The monoisotopic (exact) mass is 277 g/mol.